The van der Waals surface area contributed by atoms with Crippen LogP contribution in [0, 0.1) is 0 Å². The van der Waals surface area contributed by atoms with E-state index in [4.69, 9.17) is 10.5 Å². The molecule has 0 fully saturated rings. The molecule has 22 heavy (non-hydrogen) atoms. The van der Waals surface area contributed by atoms with Crippen LogP contribution in [0.25, 0.3) is 0 Å². The topological polar surface area (TPSA) is 38.5 Å². The Morgan fingerprint density at radius 2 is 1.86 bits per heavy atom. The van der Waals surface area contributed by atoms with Gasteiger partial charge in [-0.2, -0.15) is 0 Å². The zero-order chi connectivity index (χ0) is 15.2. The Morgan fingerprint density at radius 1 is 1.14 bits per heavy atom. The van der Waals surface area contributed by atoms with E-state index in [-0.39, 0.29) is 12.4 Å². The zero-order valence-electron chi connectivity index (χ0n) is 13.5. The lowest BCUT2D eigenvalue weighted by Gasteiger charge is -2.25. The summed E-state index contributed by atoms with van der Waals surface area (Å²) in [6.07, 6.45) is 0.961. The van der Waals surface area contributed by atoms with Crippen LogP contribution in [0.5, 0.6) is 5.75 Å². The normalized spacial score (nSPS) is 11.8. The molecule has 0 aliphatic rings. The molecule has 0 radical (unpaired) electrons. The minimum absolute atomic E-state index is 0. The highest BCUT2D eigenvalue weighted by molar-refractivity contribution is 5.85. The summed E-state index contributed by atoms with van der Waals surface area (Å²) in [7, 11) is 3.86. The molecular weight excluding hydrogens is 296 g/mol. The second kappa shape index (κ2) is 8.66. The number of nitrogens with two attached hydrogens (primary N) is 1. The van der Waals surface area contributed by atoms with Crippen molar-refractivity contribution in [1.82, 2.24) is 4.90 Å². The summed E-state index contributed by atoms with van der Waals surface area (Å²) in [6.45, 7) is 3.13. The number of methoxy groups -OCH3 is 1. The van der Waals surface area contributed by atoms with Gasteiger partial charge in [0.2, 0.25) is 0 Å². The van der Waals surface area contributed by atoms with Gasteiger partial charge in [-0.25, -0.2) is 0 Å². The van der Waals surface area contributed by atoms with Gasteiger partial charge in [0.1, 0.15) is 5.75 Å². The molecule has 2 rings (SSSR count). The first-order valence-corrected chi connectivity index (χ1v) is 7.26. The van der Waals surface area contributed by atoms with Gasteiger partial charge in [-0.15, -0.1) is 12.4 Å². The second-order valence-corrected chi connectivity index (χ2v) is 5.53. The van der Waals surface area contributed by atoms with Gasteiger partial charge >= 0.3 is 0 Å². The third-order valence-electron chi connectivity index (χ3n) is 3.84. The second-order valence-electron chi connectivity index (χ2n) is 5.53. The summed E-state index contributed by atoms with van der Waals surface area (Å²) in [4.78, 5) is 2.33. The fourth-order valence-electron chi connectivity index (χ4n) is 2.48. The number of hydrogen-bond acceptors (Lipinski definition) is 3. The van der Waals surface area contributed by atoms with Gasteiger partial charge in [-0.3, -0.25) is 4.90 Å². The fourth-order valence-corrected chi connectivity index (χ4v) is 2.48. The lowest BCUT2D eigenvalue weighted by atomic mass is 10.0. The lowest BCUT2D eigenvalue weighted by Crippen LogP contribution is -2.30. The Kier molecular flexibility index (Phi) is 7.22. The molecule has 4 heteroatoms. The molecule has 0 amide bonds. The van der Waals surface area contributed by atoms with Gasteiger partial charge in [0.25, 0.3) is 0 Å². The van der Waals surface area contributed by atoms with Crippen molar-refractivity contribution in [3.63, 3.8) is 0 Å². The molecule has 2 aromatic carbocycles. The summed E-state index contributed by atoms with van der Waals surface area (Å²) < 4.78 is 5.42. The third-order valence-corrected chi connectivity index (χ3v) is 3.84. The van der Waals surface area contributed by atoms with Crippen molar-refractivity contribution in [1.29, 1.82) is 0 Å². The van der Waals surface area contributed by atoms with Crippen LogP contribution in [0.2, 0.25) is 0 Å². The number of likely N-dealkylation sites (N-methyl/N-ethyl adjacent to an activating group) is 1. The maximum atomic E-state index is 5.84. The van der Waals surface area contributed by atoms with Crippen molar-refractivity contribution >= 4 is 18.1 Å². The van der Waals surface area contributed by atoms with Crippen LogP contribution in [0.1, 0.15) is 18.1 Å². The number of nitrogens with zero attached hydrogens (tertiary/aromatic N) is 1. The van der Waals surface area contributed by atoms with Crippen LogP contribution in [0.15, 0.2) is 48.5 Å². The highest BCUT2D eigenvalue weighted by atomic mass is 35.5. The first-order valence-electron chi connectivity index (χ1n) is 7.26. The molecule has 0 aromatic heterocycles. The average Bonchev–Trinajstić information content (AvgIpc) is 2.47. The highest BCUT2D eigenvalue weighted by Gasteiger charge is 2.13. The van der Waals surface area contributed by atoms with Crippen LogP contribution in [0.3, 0.4) is 0 Å². The van der Waals surface area contributed by atoms with Crippen LogP contribution >= 0.6 is 12.4 Å². The number of benzene rings is 2. The SMILES string of the molecule is COc1ccccc1CC(C)N(C)Cc1cccc(N)c1.Cl. The van der Waals surface area contributed by atoms with E-state index >= 15 is 0 Å². The number of hydrogen-bond donors (Lipinski definition) is 1. The molecule has 120 valence electrons. The van der Waals surface area contributed by atoms with Crippen LogP contribution in [-0.2, 0) is 13.0 Å². The van der Waals surface area contributed by atoms with E-state index in [9.17, 15) is 0 Å². The summed E-state index contributed by atoms with van der Waals surface area (Å²) >= 11 is 0. The van der Waals surface area contributed by atoms with E-state index in [1.807, 2.05) is 30.3 Å². The van der Waals surface area contributed by atoms with Crippen molar-refractivity contribution in [2.75, 3.05) is 19.9 Å². The predicted molar refractivity (Wildman–Crippen MR) is 95.7 cm³/mol. The fraction of sp³-hybridized carbons (Fsp3) is 0.333. The van der Waals surface area contributed by atoms with Crippen molar-refractivity contribution < 1.29 is 4.74 Å². The Morgan fingerprint density at radius 3 is 2.55 bits per heavy atom. The number of anilines is 1. The molecule has 0 saturated carbocycles. The predicted octanol–water partition coefficient (Wildman–Crippen LogP) is 3.76. The number of rotatable bonds is 6. The average molecular weight is 321 g/mol. The van der Waals surface area contributed by atoms with Crippen molar-refractivity contribution in [2.24, 2.45) is 0 Å². The standard InChI is InChI=1S/C18H24N2O.ClH/c1-14(11-16-8-4-5-10-18(16)21-3)20(2)13-15-7-6-9-17(19)12-15;/h4-10,12,14H,11,13,19H2,1-3H3;1H. The zero-order valence-corrected chi connectivity index (χ0v) is 14.3. The van der Waals surface area contributed by atoms with Crippen molar-refractivity contribution in [2.45, 2.75) is 25.9 Å². The van der Waals surface area contributed by atoms with Crippen molar-refractivity contribution in [3.8, 4) is 5.75 Å². The maximum absolute atomic E-state index is 5.84. The quantitative estimate of drug-likeness (QED) is 0.824. The third kappa shape index (κ3) is 4.93. The lowest BCUT2D eigenvalue weighted by molar-refractivity contribution is 0.246. The van der Waals surface area contributed by atoms with Gasteiger partial charge in [0.15, 0.2) is 0 Å². The van der Waals surface area contributed by atoms with E-state index in [1.165, 1.54) is 11.1 Å². The molecule has 0 spiro atoms. The van der Waals surface area contributed by atoms with Crippen LogP contribution < -0.4 is 10.5 Å². The van der Waals surface area contributed by atoms with Crippen LogP contribution in [-0.4, -0.2) is 25.1 Å². The minimum Gasteiger partial charge on any atom is -0.496 e. The van der Waals surface area contributed by atoms with Crippen LogP contribution in [0.4, 0.5) is 5.69 Å². The Hall–Kier alpha value is -1.71. The number of ether oxygens (including phenoxy) is 1. The number of halogens is 1. The smallest absolute Gasteiger partial charge is 0.122 e. The first-order chi connectivity index (χ1) is 10.1. The molecule has 0 bridgehead atoms. The largest absolute Gasteiger partial charge is 0.496 e. The molecule has 1 unspecified atom stereocenters. The van der Waals surface area contributed by atoms with Gasteiger partial charge in [-0.05, 0) is 49.7 Å². The summed E-state index contributed by atoms with van der Waals surface area (Å²) in [5, 5.41) is 0. The summed E-state index contributed by atoms with van der Waals surface area (Å²) in [5.41, 5.74) is 9.14. The molecule has 0 aliphatic carbocycles. The maximum Gasteiger partial charge on any atom is 0.122 e. The van der Waals surface area contributed by atoms with E-state index in [0.717, 1.165) is 24.4 Å². The number of para-hydroxylation sites is 1. The van der Waals surface area contributed by atoms with E-state index < -0.39 is 0 Å². The molecule has 0 heterocycles. The van der Waals surface area contributed by atoms with Gasteiger partial charge in [-0.1, -0.05) is 30.3 Å². The number of nitrogen functional groups attached to an aromatic ring is 1. The summed E-state index contributed by atoms with van der Waals surface area (Å²) in [6, 6.07) is 16.7. The monoisotopic (exact) mass is 320 g/mol. The molecule has 0 aliphatic heterocycles. The molecule has 3 nitrogen and oxygen atoms in total. The molecular formula is C18H25ClN2O. The highest BCUT2D eigenvalue weighted by Crippen LogP contribution is 2.21. The molecule has 2 aromatic rings. The Bertz CT molecular complexity index is 589. The van der Waals surface area contributed by atoms with Gasteiger partial charge < -0.3 is 10.5 Å². The van der Waals surface area contributed by atoms with E-state index in [2.05, 4.69) is 37.1 Å². The summed E-state index contributed by atoms with van der Waals surface area (Å²) in [5.74, 6) is 0.960. The van der Waals surface area contributed by atoms with Gasteiger partial charge in [0, 0.05) is 18.3 Å². The minimum atomic E-state index is 0. The first kappa shape index (κ1) is 18.3. The molecule has 2 N–H and O–H groups in total. The Balaban J connectivity index is 0.00000242. The molecule has 1 atom stereocenters. The van der Waals surface area contributed by atoms with Gasteiger partial charge in [0.05, 0.1) is 7.11 Å². The Labute approximate surface area is 139 Å². The van der Waals surface area contributed by atoms with Crippen molar-refractivity contribution in [3.05, 3.63) is 59.7 Å². The van der Waals surface area contributed by atoms with E-state index in [0.29, 0.717) is 6.04 Å². The molecule has 0 saturated heterocycles. The van der Waals surface area contributed by atoms with E-state index in [1.54, 1.807) is 7.11 Å².